The number of nitrogens with zero attached hydrogens (tertiary/aromatic N) is 1. The molecule has 1 N–H and O–H groups in total. The van der Waals surface area contributed by atoms with E-state index in [1.807, 2.05) is 19.9 Å². The summed E-state index contributed by atoms with van der Waals surface area (Å²) in [6, 6.07) is 8.75. The molecule has 0 heterocycles. The summed E-state index contributed by atoms with van der Waals surface area (Å²) in [6.07, 6.45) is 0.324. The molecule has 19 heavy (non-hydrogen) atoms. The standard InChI is InChI=1S/C15H21NO3/c1-5-15(14(18)19,13-9-7-6-8-10-13)16(11(2)3)12(4)17/h6-11H,5H2,1-4H3,(H,18,19). The SMILES string of the molecule is CCC(C(=O)O)(c1ccccc1)N(C(C)=O)C(C)C. The molecule has 0 aliphatic rings. The fraction of sp³-hybridized carbons (Fsp3) is 0.467. The number of carbonyl (C=O) groups is 2. The predicted octanol–water partition coefficient (Wildman–Crippen LogP) is 2.63. The zero-order chi connectivity index (χ0) is 14.6. The average Bonchev–Trinajstić information content (AvgIpc) is 2.35. The number of aliphatic carboxylic acids is 1. The number of carboxylic acid groups (broad SMARTS) is 1. The topological polar surface area (TPSA) is 57.6 Å². The second kappa shape index (κ2) is 5.87. The monoisotopic (exact) mass is 263 g/mol. The van der Waals surface area contributed by atoms with Crippen LogP contribution in [0.3, 0.4) is 0 Å². The Morgan fingerprint density at radius 1 is 1.26 bits per heavy atom. The summed E-state index contributed by atoms with van der Waals surface area (Å²) in [6.45, 7) is 6.87. The number of benzene rings is 1. The summed E-state index contributed by atoms with van der Waals surface area (Å²) < 4.78 is 0. The molecule has 0 radical (unpaired) electrons. The van der Waals surface area contributed by atoms with Gasteiger partial charge in [-0.3, -0.25) is 4.79 Å². The Morgan fingerprint density at radius 3 is 2.11 bits per heavy atom. The first kappa shape index (κ1) is 15.2. The number of rotatable bonds is 5. The van der Waals surface area contributed by atoms with Crippen LogP contribution in [0.2, 0.25) is 0 Å². The maximum absolute atomic E-state index is 11.9. The highest BCUT2D eigenvalue weighted by Gasteiger charge is 2.46. The van der Waals surface area contributed by atoms with Gasteiger partial charge in [0.2, 0.25) is 5.91 Å². The molecule has 1 atom stereocenters. The molecule has 0 saturated carbocycles. The van der Waals surface area contributed by atoms with Crippen LogP contribution in [-0.2, 0) is 15.1 Å². The summed E-state index contributed by atoms with van der Waals surface area (Å²) in [4.78, 5) is 25.3. The van der Waals surface area contributed by atoms with Gasteiger partial charge in [-0.2, -0.15) is 0 Å². The molecule has 0 aliphatic carbocycles. The van der Waals surface area contributed by atoms with Crippen molar-refractivity contribution in [3.05, 3.63) is 35.9 Å². The van der Waals surface area contributed by atoms with E-state index >= 15 is 0 Å². The minimum Gasteiger partial charge on any atom is -0.479 e. The van der Waals surface area contributed by atoms with Crippen LogP contribution in [-0.4, -0.2) is 27.9 Å². The molecule has 0 bridgehead atoms. The predicted molar refractivity (Wildman–Crippen MR) is 73.7 cm³/mol. The number of carbonyl (C=O) groups excluding carboxylic acids is 1. The lowest BCUT2D eigenvalue weighted by atomic mass is 9.84. The highest BCUT2D eigenvalue weighted by molar-refractivity contribution is 5.87. The highest BCUT2D eigenvalue weighted by atomic mass is 16.4. The Morgan fingerprint density at radius 2 is 1.79 bits per heavy atom. The van der Waals surface area contributed by atoms with Gasteiger partial charge >= 0.3 is 5.97 Å². The fourth-order valence-electron chi connectivity index (χ4n) is 2.68. The molecule has 4 nitrogen and oxygen atoms in total. The molecule has 0 saturated heterocycles. The van der Waals surface area contributed by atoms with Crippen LogP contribution in [0.4, 0.5) is 0 Å². The molecule has 0 fully saturated rings. The Balaban J connectivity index is 3.51. The lowest BCUT2D eigenvalue weighted by Crippen LogP contribution is -2.56. The van der Waals surface area contributed by atoms with Gasteiger partial charge in [-0.05, 0) is 25.8 Å². The van der Waals surface area contributed by atoms with Gasteiger partial charge in [-0.1, -0.05) is 37.3 Å². The Bertz CT molecular complexity index is 456. The van der Waals surface area contributed by atoms with E-state index in [1.165, 1.54) is 11.8 Å². The molecule has 4 heteroatoms. The van der Waals surface area contributed by atoms with Crippen LogP contribution in [0.25, 0.3) is 0 Å². The first-order chi connectivity index (χ1) is 8.87. The van der Waals surface area contributed by atoms with Gasteiger partial charge in [0.1, 0.15) is 0 Å². The minimum absolute atomic E-state index is 0.186. The van der Waals surface area contributed by atoms with Crippen LogP contribution in [0.15, 0.2) is 30.3 Å². The van der Waals surface area contributed by atoms with Crippen LogP contribution >= 0.6 is 0 Å². The van der Waals surface area contributed by atoms with Gasteiger partial charge in [0.25, 0.3) is 0 Å². The summed E-state index contributed by atoms with van der Waals surface area (Å²) in [5, 5.41) is 9.75. The van der Waals surface area contributed by atoms with Crippen molar-refractivity contribution in [1.29, 1.82) is 0 Å². The van der Waals surface area contributed by atoms with Gasteiger partial charge in [-0.15, -0.1) is 0 Å². The molecule has 104 valence electrons. The van der Waals surface area contributed by atoms with Crippen molar-refractivity contribution in [2.24, 2.45) is 0 Å². The van der Waals surface area contributed by atoms with E-state index in [9.17, 15) is 14.7 Å². The van der Waals surface area contributed by atoms with Crippen molar-refractivity contribution in [3.63, 3.8) is 0 Å². The molecule has 1 rings (SSSR count). The van der Waals surface area contributed by atoms with Gasteiger partial charge in [-0.25, -0.2) is 4.79 Å². The third kappa shape index (κ3) is 2.62. The average molecular weight is 263 g/mol. The lowest BCUT2D eigenvalue weighted by Gasteiger charge is -2.42. The summed E-state index contributed by atoms with van der Waals surface area (Å²) in [5.41, 5.74) is -0.671. The Labute approximate surface area is 114 Å². The van der Waals surface area contributed by atoms with E-state index < -0.39 is 11.5 Å². The summed E-state index contributed by atoms with van der Waals surface area (Å²) >= 11 is 0. The van der Waals surface area contributed by atoms with E-state index in [0.717, 1.165) is 0 Å². The number of hydrogen-bond acceptors (Lipinski definition) is 2. The third-order valence-electron chi connectivity index (χ3n) is 3.38. The summed E-state index contributed by atoms with van der Waals surface area (Å²) in [5.74, 6) is -1.23. The van der Waals surface area contributed by atoms with Crippen molar-refractivity contribution >= 4 is 11.9 Å². The van der Waals surface area contributed by atoms with Crippen LogP contribution < -0.4 is 0 Å². The van der Waals surface area contributed by atoms with Crippen molar-refractivity contribution in [1.82, 2.24) is 4.90 Å². The maximum Gasteiger partial charge on any atom is 0.334 e. The number of carboxylic acids is 1. The third-order valence-corrected chi connectivity index (χ3v) is 3.38. The Hall–Kier alpha value is -1.84. The van der Waals surface area contributed by atoms with Crippen LogP contribution in [0.1, 0.15) is 39.7 Å². The second-order valence-corrected chi connectivity index (χ2v) is 4.87. The van der Waals surface area contributed by atoms with Gasteiger partial charge < -0.3 is 10.0 Å². The molecule has 0 aliphatic heterocycles. The first-order valence-corrected chi connectivity index (χ1v) is 6.46. The molecule has 0 spiro atoms. The first-order valence-electron chi connectivity index (χ1n) is 6.46. The molecule has 1 aromatic carbocycles. The molecular weight excluding hydrogens is 242 g/mol. The molecule has 1 unspecified atom stereocenters. The van der Waals surface area contributed by atoms with E-state index in [2.05, 4.69) is 0 Å². The van der Waals surface area contributed by atoms with E-state index in [-0.39, 0.29) is 11.9 Å². The quantitative estimate of drug-likeness (QED) is 0.888. The molecule has 1 aromatic rings. The van der Waals surface area contributed by atoms with Crippen molar-refractivity contribution in [2.75, 3.05) is 0 Å². The molecule has 1 amide bonds. The number of hydrogen-bond donors (Lipinski definition) is 1. The van der Waals surface area contributed by atoms with Crippen LogP contribution in [0.5, 0.6) is 0 Å². The molecular formula is C15H21NO3. The van der Waals surface area contributed by atoms with Gasteiger partial charge in [0.15, 0.2) is 5.54 Å². The second-order valence-electron chi connectivity index (χ2n) is 4.87. The van der Waals surface area contributed by atoms with E-state index in [4.69, 9.17) is 0 Å². The van der Waals surface area contributed by atoms with Crippen LogP contribution in [0, 0.1) is 0 Å². The van der Waals surface area contributed by atoms with Gasteiger partial charge in [0, 0.05) is 13.0 Å². The number of amides is 1. The smallest absolute Gasteiger partial charge is 0.334 e. The van der Waals surface area contributed by atoms with Crippen molar-refractivity contribution in [3.8, 4) is 0 Å². The largest absolute Gasteiger partial charge is 0.479 e. The zero-order valence-corrected chi connectivity index (χ0v) is 11.9. The lowest BCUT2D eigenvalue weighted by molar-refractivity contribution is -0.162. The van der Waals surface area contributed by atoms with E-state index in [1.54, 1.807) is 31.2 Å². The Kier molecular flexibility index (Phi) is 4.70. The normalized spacial score (nSPS) is 13.9. The summed E-state index contributed by atoms with van der Waals surface area (Å²) in [7, 11) is 0. The fourth-order valence-corrected chi connectivity index (χ4v) is 2.68. The van der Waals surface area contributed by atoms with E-state index in [0.29, 0.717) is 12.0 Å². The van der Waals surface area contributed by atoms with Crippen molar-refractivity contribution < 1.29 is 14.7 Å². The maximum atomic E-state index is 11.9. The highest BCUT2D eigenvalue weighted by Crippen LogP contribution is 2.34. The zero-order valence-electron chi connectivity index (χ0n) is 11.9. The minimum atomic E-state index is -1.30. The van der Waals surface area contributed by atoms with Gasteiger partial charge in [0.05, 0.1) is 0 Å². The van der Waals surface area contributed by atoms with Crippen molar-refractivity contribution in [2.45, 2.75) is 45.7 Å². The molecule has 0 aromatic heterocycles.